The number of rotatable bonds is 6. The molecule has 0 aliphatic rings. The van der Waals surface area contributed by atoms with Crippen LogP contribution in [-0.2, 0) is 16.0 Å². The minimum Gasteiger partial charge on any atom is -0.464 e. The van der Waals surface area contributed by atoms with Gasteiger partial charge in [-0.2, -0.15) is 4.39 Å². The number of pyridine rings is 2. The van der Waals surface area contributed by atoms with Gasteiger partial charge in [0, 0.05) is 25.0 Å². The van der Waals surface area contributed by atoms with Crippen LogP contribution in [0.3, 0.4) is 0 Å². The second-order valence-corrected chi connectivity index (χ2v) is 4.71. The highest BCUT2D eigenvalue weighted by Crippen LogP contribution is 2.06. The van der Waals surface area contributed by atoms with Crippen molar-refractivity contribution in [2.75, 3.05) is 6.61 Å². The van der Waals surface area contributed by atoms with Crippen LogP contribution in [0.25, 0.3) is 0 Å². The van der Waals surface area contributed by atoms with Crippen molar-refractivity contribution in [1.82, 2.24) is 15.3 Å². The minimum atomic E-state index is -0.852. The third-order valence-corrected chi connectivity index (χ3v) is 3.06. The third kappa shape index (κ3) is 4.84. The lowest BCUT2D eigenvalue weighted by Crippen LogP contribution is -2.43. The van der Waals surface area contributed by atoms with E-state index in [1.54, 1.807) is 31.5 Å². The van der Waals surface area contributed by atoms with Crippen LogP contribution in [0, 0.1) is 5.95 Å². The van der Waals surface area contributed by atoms with E-state index in [0.717, 1.165) is 17.8 Å². The standard InChI is InChI=1S/C16H16FN3O3/c1-2-23-16(22)13(9-11-5-7-18-8-6-11)20-15(21)12-3-4-14(17)19-10-12/h3-8,10,13H,2,9H2,1H3,(H,20,21). The Bertz CT molecular complexity index is 662. The molecule has 0 spiro atoms. The lowest BCUT2D eigenvalue weighted by molar-refractivity contribution is -0.145. The van der Waals surface area contributed by atoms with Gasteiger partial charge >= 0.3 is 5.97 Å². The number of nitrogens with one attached hydrogen (secondary N) is 1. The molecule has 7 heteroatoms. The average Bonchev–Trinajstić information content (AvgIpc) is 2.56. The largest absolute Gasteiger partial charge is 0.464 e. The van der Waals surface area contributed by atoms with Gasteiger partial charge in [-0.25, -0.2) is 9.78 Å². The Kier molecular flexibility index (Phi) is 5.74. The fourth-order valence-electron chi connectivity index (χ4n) is 1.94. The monoisotopic (exact) mass is 317 g/mol. The lowest BCUT2D eigenvalue weighted by atomic mass is 10.1. The van der Waals surface area contributed by atoms with Gasteiger partial charge in [0.05, 0.1) is 12.2 Å². The topological polar surface area (TPSA) is 81.2 Å². The zero-order valence-electron chi connectivity index (χ0n) is 12.5. The summed E-state index contributed by atoms with van der Waals surface area (Å²) in [6.07, 6.45) is 4.58. The van der Waals surface area contributed by atoms with Crippen LogP contribution in [-0.4, -0.2) is 34.5 Å². The molecule has 1 amide bonds. The zero-order chi connectivity index (χ0) is 16.7. The van der Waals surface area contributed by atoms with Crippen LogP contribution in [0.4, 0.5) is 4.39 Å². The minimum absolute atomic E-state index is 0.162. The predicted octanol–water partition coefficient (Wildman–Crippen LogP) is 1.52. The molecular formula is C16H16FN3O3. The SMILES string of the molecule is CCOC(=O)C(Cc1ccncc1)NC(=O)c1ccc(F)nc1. The summed E-state index contributed by atoms with van der Waals surface area (Å²) in [4.78, 5) is 31.5. The lowest BCUT2D eigenvalue weighted by Gasteiger charge is -2.17. The van der Waals surface area contributed by atoms with Crippen LogP contribution in [0.5, 0.6) is 0 Å². The second kappa shape index (κ2) is 7.98. The van der Waals surface area contributed by atoms with Crippen molar-refractivity contribution >= 4 is 11.9 Å². The van der Waals surface area contributed by atoms with Crippen LogP contribution >= 0.6 is 0 Å². The Balaban J connectivity index is 2.11. The van der Waals surface area contributed by atoms with Crippen LogP contribution in [0.15, 0.2) is 42.9 Å². The van der Waals surface area contributed by atoms with Gasteiger partial charge in [-0.3, -0.25) is 9.78 Å². The molecule has 0 saturated carbocycles. The Morgan fingerprint density at radius 3 is 2.61 bits per heavy atom. The maximum atomic E-state index is 12.8. The van der Waals surface area contributed by atoms with Crippen molar-refractivity contribution in [3.05, 3.63) is 59.9 Å². The summed E-state index contributed by atoms with van der Waals surface area (Å²) in [7, 11) is 0. The van der Waals surface area contributed by atoms with Crippen molar-refractivity contribution in [3.63, 3.8) is 0 Å². The highest BCUT2D eigenvalue weighted by atomic mass is 19.1. The highest BCUT2D eigenvalue weighted by Gasteiger charge is 2.23. The molecule has 1 unspecified atom stereocenters. The van der Waals surface area contributed by atoms with E-state index >= 15 is 0 Å². The quantitative estimate of drug-likeness (QED) is 0.645. The molecule has 23 heavy (non-hydrogen) atoms. The summed E-state index contributed by atoms with van der Waals surface area (Å²) in [6.45, 7) is 1.90. The van der Waals surface area contributed by atoms with E-state index in [9.17, 15) is 14.0 Å². The van der Waals surface area contributed by atoms with Gasteiger partial charge in [-0.15, -0.1) is 0 Å². The summed E-state index contributed by atoms with van der Waals surface area (Å²) >= 11 is 0. The fourth-order valence-corrected chi connectivity index (χ4v) is 1.94. The van der Waals surface area contributed by atoms with Crippen LogP contribution in [0.2, 0.25) is 0 Å². The Hall–Kier alpha value is -2.83. The van der Waals surface area contributed by atoms with Crippen LogP contribution < -0.4 is 5.32 Å². The Morgan fingerprint density at radius 2 is 2.00 bits per heavy atom. The van der Waals surface area contributed by atoms with Crippen molar-refractivity contribution in [1.29, 1.82) is 0 Å². The van der Waals surface area contributed by atoms with Gasteiger partial charge in [0.2, 0.25) is 5.95 Å². The number of amides is 1. The predicted molar refractivity (Wildman–Crippen MR) is 80.0 cm³/mol. The maximum absolute atomic E-state index is 12.8. The summed E-state index contributed by atoms with van der Waals surface area (Å²) in [6, 6.07) is 5.02. The summed E-state index contributed by atoms with van der Waals surface area (Å²) in [5, 5.41) is 2.59. The van der Waals surface area contributed by atoms with Gasteiger partial charge in [0.15, 0.2) is 0 Å². The molecule has 120 valence electrons. The Morgan fingerprint density at radius 1 is 1.26 bits per heavy atom. The van der Waals surface area contributed by atoms with Gasteiger partial charge in [-0.1, -0.05) is 0 Å². The molecule has 2 rings (SSSR count). The normalized spacial score (nSPS) is 11.6. The first-order chi connectivity index (χ1) is 11.1. The molecule has 0 radical (unpaired) electrons. The molecule has 0 fully saturated rings. The van der Waals surface area contributed by atoms with E-state index < -0.39 is 23.9 Å². The van der Waals surface area contributed by atoms with Gasteiger partial charge in [-0.05, 0) is 36.8 Å². The van der Waals surface area contributed by atoms with Crippen LogP contribution in [0.1, 0.15) is 22.8 Å². The third-order valence-electron chi connectivity index (χ3n) is 3.06. The molecule has 0 aliphatic heterocycles. The number of hydrogen-bond donors (Lipinski definition) is 1. The van der Waals surface area contributed by atoms with Gasteiger partial charge < -0.3 is 10.1 Å². The summed E-state index contributed by atoms with van der Waals surface area (Å²) in [5.74, 6) is -1.74. The number of carbonyl (C=O) groups excluding carboxylic acids is 2. The molecule has 2 aromatic heterocycles. The number of halogens is 1. The summed E-state index contributed by atoms with van der Waals surface area (Å²) in [5.41, 5.74) is 0.992. The number of hydrogen-bond acceptors (Lipinski definition) is 5. The van der Waals surface area contributed by atoms with Gasteiger partial charge in [0.1, 0.15) is 6.04 Å². The molecule has 1 N–H and O–H groups in total. The number of aromatic nitrogens is 2. The van der Waals surface area contributed by atoms with Crippen molar-refractivity contribution in [2.45, 2.75) is 19.4 Å². The number of carbonyl (C=O) groups is 2. The maximum Gasteiger partial charge on any atom is 0.328 e. The van der Waals surface area contributed by atoms with Gasteiger partial charge in [0.25, 0.3) is 5.91 Å². The van der Waals surface area contributed by atoms with E-state index in [2.05, 4.69) is 15.3 Å². The molecule has 0 saturated heterocycles. The first-order valence-corrected chi connectivity index (χ1v) is 7.08. The highest BCUT2D eigenvalue weighted by molar-refractivity contribution is 5.96. The second-order valence-electron chi connectivity index (χ2n) is 4.71. The molecule has 1 atom stereocenters. The van der Waals surface area contributed by atoms with E-state index in [4.69, 9.17) is 4.74 Å². The smallest absolute Gasteiger partial charge is 0.328 e. The van der Waals surface area contributed by atoms with Crippen molar-refractivity contribution in [3.8, 4) is 0 Å². The van der Waals surface area contributed by atoms with Crippen molar-refractivity contribution in [2.24, 2.45) is 0 Å². The molecule has 2 heterocycles. The van der Waals surface area contributed by atoms with E-state index in [-0.39, 0.29) is 18.6 Å². The summed E-state index contributed by atoms with van der Waals surface area (Å²) < 4.78 is 17.8. The zero-order valence-corrected chi connectivity index (χ0v) is 12.5. The number of ether oxygens (including phenoxy) is 1. The van der Waals surface area contributed by atoms with E-state index in [0.29, 0.717) is 0 Å². The average molecular weight is 317 g/mol. The fraction of sp³-hybridized carbons (Fsp3) is 0.250. The first-order valence-electron chi connectivity index (χ1n) is 7.08. The molecule has 2 aromatic rings. The molecule has 0 aliphatic carbocycles. The number of nitrogens with zero attached hydrogens (tertiary/aromatic N) is 2. The molecule has 6 nitrogen and oxygen atoms in total. The molecular weight excluding hydrogens is 301 g/mol. The van der Waals surface area contributed by atoms with E-state index in [1.165, 1.54) is 6.07 Å². The van der Waals surface area contributed by atoms with E-state index in [1.807, 2.05) is 0 Å². The first kappa shape index (κ1) is 16.5. The molecule has 0 bridgehead atoms. The molecule has 0 aromatic carbocycles. The van der Waals surface area contributed by atoms with Crippen molar-refractivity contribution < 1.29 is 18.7 Å². The number of esters is 1. The Labute approximate surface area is 132 Å².